The highest BCUT2D eigenvalue weighted by Gasteiger charge is 2.28. The third kappa shape index (κ3) is 7.20. The molecule has 0 heterocycles. The quantitative estimate of drug-likeness (QED) is 0.662. The summed E-state index contributed by atoms with van der Waals surface area (Å²) in [4.78, 5) is 27.3. The standard InChI is InChI=1S/C23H29BrN2O3/c1-16-8-6-7-9-18(16)14-26(17(2)22(28)25-23(3,4)5)21(27)15-29-20-12-10-19(24)11-13-20/h6-13,17H,14-15H2,1-5H3,(H,25,28)/t17-/m0/s1. The number of nitrogens with one attached hydrogen (secondary N) is 1. The lowest BCUT2D eigenvalue weighted by Crippen LogP contribution is -2.53. The van der Waals surface area contributed by atoms with Crippen molar-refractivity contribution in [3.63, 3.8) is 0 Å². The molecular weight excluding hydrogens is 432 g/mol. The zero-order valence-electron chi connectivity index (χ0n) is 17.7. The Bertz CT molecular complexity index is 844. The van der Waals surface area contributed by atoms with Crippen LogP contribution in [-0.4, -0.2) is 34.9 Å². The van der Waals surface area contributed by atoms with Crippen molar-refractivity contribution in [3.05, 3.63) is 64.1 Å². The maximum absolute atomic E-state index is 13.0. The van der Waals surface area contributed by atoms with Crippen LogP contribution in [0.15, 0.2) is 53.0 Å². The Labute approximate surface area is 181 Å². The second-order valence-electron chi connectivity index (χ2n) is 8.11. The van der Waals surface area contributed by atoms with E-state index in [1.807, 2.05) is 64.1 Å². The fraction of sp³-hybridized carbons (Fsp3) is 0.391. The lowest BCUT2D eigenvalue weighted by atomic mass is 10.1. The van der Waals surface area contributed by atoms with E-state index in [9.17, 15) is 9.59 Å². The zero-order valence-corrected chi connectivity index (χ0v) is 19.2. The van der Waals surface area contributed by atoms with Crippen LogP contribution in [0.25, 0.3) is 0 Å². The summed E-state index contributed by atoms with van der Waals surface area (Å²) in [5, 5.41) is 2.96. The van der Waals surface area contributed by atoms with Gasteiger partial charge in [-0.15, -0.1) is 0 Å². The van der Waals surface area contributed by atoms with E-state index in [4.69, 9.17) is 4.74 Å². The van der Waals surface area contributed by atoms with Crippen molar-refractivity contribution in [2.75, 3.05) is 6.61 Å². The van der Waals surface area contributed by atoms with Gasteiger partial charge in [0.25, 0.3) is 5.91 Å². The van der Waals surface area contributed by atoms with Gasteiger partial charge >= 0.3 is 0 Å². The molecule has 0 saturated heterocycles. The van der Waals surface area contributed by atoms with E-state index in [2.05, 4.69) is 21.2 Å². The first kappa shape index (κ1) is 22.9. The van der Waals surface area contributed by atoms with Crippen LogP contribution in [0.3, 0.4) is 0 Å². The molecule has 29 heavy (non-hydrogen) atoms. The van der Waals surface area contributed by atoms with Gasteiger partial charge in [-0.1, -0.05) is 40.2 Å². The maximum atomic E-state index is 13.0. The number of benzene rings is 2. The van der Waals surface area contributed by atoms with Gasteiger partial charge in [0.2, 0.25) is 5.91 Å². The number of ether oxygens (including phenoxy) is 1. The lowest BCUT2D eigenvalue weighted by Gasteiger charge is -2.31. The fourth-order valence-corrected chi connectivity index (χ4v) is 3.05. The second kappa shape index (κ2) is 9.92. The molecule has 0 spiro atoms. The summed E-state index contributed by atoms with van der Waals surface area (Å²) in [6.45, 7) is 9.70. The van der Waals surface area contributed by atoms with E-state index >= 15 is 0 Å². The van der Waals surface area contributed by atoms with Crippen LogP contribution in [0.1, 0.15) is 38.8 Å². The van der Waals surface area contributed by atoms with Crippen molar-refractivity contribution in [2.24, 2.45) is 0 Å². The summed E-state index contributed by atoms with van der Waals surface area (Å²) >= 11 is 3.38. The summed E-state index contributed by atoms with van der Waals surface area (Å²) in [6, 6.07) is 14.5. The molecule has 0 aliphatic carbocycles. The lowest BCUT2D eigenvalue weighted by molar-refractivity contribution is -0.142. The number of halogens is 1. The highest BCUT2D eigenvalue weighted by molar-refractivity contribution is 9.10. The van der Waals surface area contributed by atoms with E-state index in [-0.39, 0.29) is 24.0 Å². The number of rotatable bonds is 7. The predicted molar refractivity (Wildman–Crippen MR) is 119 cm³/mol. The molecular formula is C23H29BrN2O3. The Morgan fingerprint density at radius 3 is 2.31 bits per heavy atom. The van der Waals surface area contributed by atoms with Gasteiger partial charge in [-0.05, 0) is 70.0 Å². The predicted octanol–water partition coefficient (Wildman–Crippen LogP) is 4.47. The van der Waals surface area contributed by atoms with Crippen LogP contribution >= 0.6 is 15.9 Å². The molecule has 5 nitrogen and oxygen atoms in total. The van der Waals surface area contributed by atoms with Crippen LogP contribution in [0.5, 0.6) is 5.75 Å². The molecule has 2 aromatic rings. The first-order valence-corrected chi connectivity index (χ1v) is 10.4. The van der Waals surface area contributed by atoms with Crippen LogP contribution in [0, 0.1) is 6.92 Å². The summed E-state index contributed by atoms with van der Waals surface area (Å²) in [7, 11) is 0. The molecule has 0 radical (unpaired) electrons. The molecule has 2 aromatic carbocycles. The Kier molecular flexibility index (Phi) is 7.85. The van der Waals surface area contributed by atoms with Gasteiger partial charge < -0.3 is 15.0 Å². The van der Waals surface area contributed by atoms with Crippen LogP contribution < -0.4 is 10.1 Å². The van der Waals surface area contributed by atoms with Gasteiger partial charge in [-0.25, -0.2) is 0 Å². The van der Waals surface area contributed by atoms with Gasteiger partial charge in [-0.3, -0.25) is 9.59 Å². The molecule has 0 fully saturated rings. The molecule has 1 atom stereocenters. The molecule has 156 valence electrons. The number of nitrogens with zero attached hydrogens (tertiary/aromatic N) is 1. The van der Waals surface area contributed by atoms with Crippen LogP contribution in [-0.2, 0) is 16.1 Å². The van der Waals surface area contributed by atoms with E-state index in [1.54, 1.807) is 24.0 Å². The highest BCUT2D eigenvalue weighted by Crippen LogP contribution is 2.18. The minimum Gasteiger partial charge on any atom is -0.484 e. The van der Waals surface area contributed by atoms with Gasteiger partial charge in [-0.2, -0.15) is 0 Å². The van der Waals surface area contributed by atoms with Gasteiger partial charge in [0.05, 0.1) is 0 Å². The fourth-order valence-electron chi connectivity index (χ4n) is 2.79. The number of amides is 2. The summed E-state index contributed by atoms with van der Waals surface area (Å²) in [6.07, 6.45) is 0. The van der Waals surface area contributed by atoms with Gasteiger partial charge in [0.1, 0.15) is 11.8 Å². The largest absolute Gasteiger partial charge is 0.484 e. The van der Waals surface area contributed by atoms with Crippen molar-refractivity contribution in [1.82, 2.24) is 10.2 Å². The van der Waals surface area contributed by atoms with Crippen molar-refractivity contribution in [3.8, 4) is 5.75 Å². The van der Waals surface area contributed by atoms with E-state index in [0.717, 1.165) is 15.6 Å². The average Bonchev–Trinajstić information content (AvgIpc) is 2.65. The number of carbonyl (C=O) groups is 2. The first-order chi connectivity index (χ1) is 13.6. The Morgan fingerprint density at radius 1 is 1.10 bits per heavy atom. The maximum Gasteiger partial charge on any atom is 0.261 e. The van der Waals surface area contributed by atoms with E-state index in [0.29, 0.717) is 12.3 Å². The SMILES string of the molecule is Cc1ccccc1CN(C(=O)COc1ccc(Br)cc1)[C@@H](C)C(=O)NC(C)(C)C. The summed E-state index contributed by atoms with van der Waals surface area (Å²) in [5.41, 5.74) is 1.69. The Balaban J connectivity index is 2.18. The monoisotopic (exact) mass is 460 g/mol. The highest BCUT2D eigenvalue weighted by atomic mass is 79.9. The number of hydrogen-bond acceptors (Lipinski definition) is 3. The van der Waals surface area contributed by atoms with Gasteiger partial charge in [0.15, 0.2) is 6.61 Å². The Hall–Kier alpha value is -2.34. The molecule has 0 aliphatic rings. The van der Waals surface area contributed by atoms with Gasteiger partial charge in [0, 0.05) is 16.6 Å². The molecule has 0 aliphatic heterocycles. The third-order valence-electron chi connectivity index (χ3n) is 4.44. The number of hydrogen-bond donors (Lipinski definition) is 1. The molecule has 2 rings (SSSR count). The Morgan fingerprint density at radius 2 is 1.72 bits per heavy atom. The molecule has 0 unspecified atom stereocenters. The van der Waals surface area contributed by atoms with Crippen LogP contribution in [0.4, 0.5) is 0 Å². The summed E-state index contributed by atoms with van der Waals surface area (Å²) < 4.78 is 6.59. The third-order valence-corrected chi connectivity index (χ3v) is 4.97. The normalized spacial score (nSPS) is 12.2. The van der Waals surface area contributed by atoms with Crippen molar-refractivity contribution in [1.29, 1.82) is 0 Å². The topological polar surface area (TPSA) is 58.6 Å². The first-order valence-electron chi connectivity index (χ1n) is 9.61. The van der Waals surface area contributed by atoms with E-state index in [1.165, 1.54) is 0 Å². The van der Waals surface area contributed by atoms with E-state index < -0.39 is 6.04 Å². The second-order valence-corrected chi connectivity index (χ2v) is 9.02. The molecule has 0 bridgehead atoms. The molecule has 1 N–H and O–H groups in total. The molecule has 0 aromatic heterocycles. The zero-order chi connectivity index (χ0) is 21.6. The van der Waals surface area contributed by atoms with Crippen molar-refractivity contribution >= 4 is 27.7 Å². The molecule has 0 saturated carbocycles. The average molecular weight is 461 g/mol. The smallest absolute Gasteiger partial charge is 0.261 e. The minimum atomic E-state index is -0.630. The summed E-state index contributed by atoms with van der Waals surface area (Å²) in [5.74, 6) is 0.167. The van der Waals surface area contributed by atoms with Crippen molar-refractivity contribution < 1.29 is 14.3 Å². The number of carbonyl (C=O) groups excluding carboxylic acids is 2. The molecule has 6 heteroatoms. The molecule has 2 amide bonds. The van der Waals surface area contributed by atoms with Crippen LogP contribution in [0.2, 0.25) is 0 Å². The van der Waals surface area contributed by atoms with Crippen molar-refractivity contribution in [2.45, 2.75) is 52.7 Å². The number of aryl methyl sites for hydroxylation is 1. The minimum absolute atomic E-state index is 0.138.